The number of hydrogen-bond acceptors (Lipinski definition) is 4. The predicted molar refractivity (Wildman–Crippen MR) is 102 cm³/mol. The average molecular weight is 374 g/mol. The third kappa shape index (κ3) is 5.31. The number of benzene rings is 1. The zero-order chi connectivity index (χ0) is 19.4. The van der Waals surface area contributed by atoms with E-state index in [0.717, 1.165) is 25.7 Å². The molecule has 2 aromatic rings. The van der Waals surface area contributed by atoms with Crippen molar-refractivity contribution in [1.82, 2.24) is 10.3 Å². The number of carbonyl (C=O) groups excluding carboxylic acids is 1. The number of alkyl carbamates (subject to hydrolysis) is 1. The van der Waals surface area contributed by atoms with Gasteiger partial charge in [0, 0.05) is 18.1 Å². The summed E-state index contributed by atoms with van der Waals surface area (Å²) in [5.41, 5.74) is -0.146. The van der Waals surface area contributed by atoms with E-state index >= 15 is 0 Å². The minimum atomic E-state index is -0.484. The third-order valence-corrected chi connectivity index (χ3v) is 4.70. The van der Waals surface area contributed by atoms with Gasteiger partial charge in [0.2, 0.25) is 0 Å². The summed E-state index contributed by atoms with van der Waals surface area (Å²) >= 11 is 0. The molecule has 1 fully saturated rings. The van der Waals surface area contributed by atoms with Crippen LogP contribution in [0.2, 0.25) is 0 Å². The van der Waals surface area contributed by atoms with Gasteiger partial charge >= 0.3 is 6.09 Å². The van der Waals surface area contributed by atoms with Gasteiger partial charge in [-0.2, -0.15) is 0 Å². The van der Waals surface area contributed by atoms with E-state index in [1.165, 1.54) is 6.07 Å². The second kappa shape index (κ2) is 8.11. The number of nitrogens with one attached hydrogen (secondary N) is 1. The molecule has 0 saturated heterocycles. The number of pyridine rings is 1. The highest BCUT2D eigenvalue weighted by molar-refractivity contribution is 5.85. The van der Waals surface area contributed by atoms with Gasteiger partial charge in [0.25, 0.3) is 0 Å². The minimum Gasteiger partial charge on any atom is -0.490 e. The van der Waals surface area contributed by atoms with Crippen LogP contribution in [0.25, 0.3) is 10.9 Å². The predicted octanol–water partition coefficient (Wildman–Crippen LogP) is 4.84. The summed E-state index contributed by atoms with van der Waals surface area (Å²) in [7, 11) is 0. The summed E-state index contributed by atoms with van der Waals surface area (Å²) in [6.07, 6.45) is 5.05. The van der Waals surface area contributed by atoms with Crippen molar-refractivity contribution in [2.75, 3.05) is 6.54 Å². The maximum Gasteiger partial charge on any atom is 0.407 e. The molecule has 1 saturated carbocycles. The van der Waals surface area contributed by atoms with E-state index in [9.17, 15) is 9.18 Å². The minimum absolute atomic E-state index is 0.0941. The number of carbonyl (C=O) groups is 1. The van der Waals surface area contributed by atoms with Gasteiger partial charge in [0.15, 0.2) is 0 Å². The fourth-order valence-corrected chi connectivity index (χ4v) is 3.39. The molecule has 1 aliphatic carbocycles. The summed E-state index contributed by atoms with van der Waals surface area (Å²) in [5.74, 6) is 0.758. The van der Waals surface area contributed by atoms with Crippen molar-refractivity contribution in [2.45, 2.75) is 58.2 Å². The molecule has 0 bridgehead atoms. The lowest BCUT2D eigenvalue weighted by Crippen LogP contribution is -2.37. The SMILES string of the molecule is CC(C)(C)OC(=O)NCC1CCC(Oc2ccnc3c(F)cccc23)CC1. The number of fused-ring (bicyclic) bond motifs is 1. The van der Waals surface area contributed by atoms with Gasteiger partial charge in [-0.15, -0.1) is 0 Å². The first-order chi connectivity index (χ1) is 12.8. The fourth-order valence-electron chi connectivity index (χ4n) is 3.39. The monoisotopic (exact) mass is 374 g/mol. The Labute approximate surface area is 159 Å². The molecule has 6 heteroatoms. The Bertz CT molecular complexity index is 796. The number of rotatable bonds is 4. The Morgan fingerprint density at radius 1 is 1.22 bits per heavy atom. The molecule has 1 aromatic heterocycles. The number of para-hydroxylation sites is 1. The maximum absolute atomic E-state index is 13.9. The summed E-state index contributed by atoms with van der Waals surface area (Å²) in [4.78, 5) is 15.9. The van der Waals surface area contributed by atoms with E-state index in [1.807, 2.05) is 26.8 Å². The van der Waals surface area contributed by atoms with Crippen LogP contribution in [0.5, 0.6) is 5.75 Å². The van der Waals surface area contributed by atoms with Crippen LogP contribution in [0.15, 0.2) is 30.5 Å². The Morgan fingerprint density at radius 3 is 2.67 bits per heavy atom. The topological polar surface area (TPSA) is 60.5 Å². The molecule has 146 valence electrons. The molecule has 1 N–H and O–H groups in total. The number of halogens is 1. The molecular formula is C21H27FN2O3. The summed E-state index contributed by atoms with van der Waals surface area (Å²) in [6, 6.07) is 6.70. The summed E-state index contributed by atoms with van der Waals surface area (Å²) in [5, 5.41) is 3.55. The van der Waals surface area contributed by atoms with Gasteiger partial charge in [-0.05, 0) is 70.6 Å². The van der Waals surface area contributed by atoms with Crippen molar-refractivity contribution < 1.29 is 18.7 Å². The lowest BCUT2D eigenvalue weighted by Gasteiger charge is -2.29. The first kappa shape index (κ1) is 19.4. The lowest BCUT2D eigenvalue weighted by atomic mass is 9.87. The van der Waals surface area contributed by atoms with Crippen molar-refractivity contribution in [3.05, 3.63) is 36.3 Å². The van der Waals surface area contributed by atoms with Gasteiger partial charge in [0.1, 0.15) is 22.7 Å². The van der Waals surface area contributed by atoms with Crippen LogP contribution >= 0.6 is 0 Å². The molecular weight excluding hydrogens is 347 g/mol. The molecule has 0 unspecified atom stereocenters. The average Bonchev–Trinajstić information content (AvgIpc) is 2.61. The van der Waals surface area contributed by atoms with Crippen molar-refractivity contribution in [1.29, 1.82) is 0 Å². The Balaban J connectivity index is 1.50. The van der Waals surface area contributed by atoms with E-state index in [2.05, 4.69) is 10.3 Å². The zero-order valence-electron chi connectivity index (χ0n) is 16.1. The normalized spacial score (nSPS) is 20.3. The molecule has 5 nitrogen and oxygen atoms in total. The van der Waals surface area contributed by atoms with Crippen LogP contribution in [0.3, 0.4) is 0 Å². The molecule has 0 radical (unpaired) electrons. The van der Waals surface area contributed by atoms with Crippen LogP contribution in [0.4, 0.5) is 9.18 Å². The van der Waals surface area contributed by atoms with Crippen molar-refractivity contribution in [2.24, 2.45) is 5.92 Å². The molecule has 27 heavy (non-hydrogen) atoms. The van der Waals surface area contributed by atoms with E-state index in [-0.39, 0.29) is 18.0 Å². The van der Waals surface area contributed by atoms with Crippen LogP contribution in [-0.2, 0) is 4.74 Å². The smallest absolute Gasteiger partial charge is 0.407 e. The maximum atomic E-state index is 13.9. The van der Waals surface area contributed by atoms with Crippen LogP contribution in [-0.4, -0.2) is 29.3 Å². The second-order valence-corrected chi connectivity index (χ2v) is 8.09. The fraction of sp³-hybridized carbons (Fsp3) is 0.524. The van der Waals surface area contributed by atoms with E-state index < -0.39 is 5.60 Å². The highest BCUT2D eigenvalue weighted by Crippen LogP contribution is 2.31. The number of amides is 1. The van der Waals surface area contributed by atoms with Crippen LogP contribution < -0.4 is 10.1 Å². The quantitative estimate of drug-likeness (QED) is 0.832. The van der Waals surface area contributed by atoms with Crippen molar-refractivity contribution >= 4 is 17.0 Å². The van der Waals surface area contributed by atoms with Gasteiger partial charge in [-0.25, -0.2) is 9.18 Å². The molecule has 1 heterocycles. The largest absolute Gasteiger partial charge is 0.490 e. The van der Waals surface area contributed by atoms with Crippen molar-refractivity contribution in [3.63, 3.8) is 0 Å². The van der Waals surface area contributed by atoms with Crippen LogP contribution in [0, 0.1) is 11.7 Å². The molecule has 0 atom stereocenters. The highest BCUT2D eigenvalue weighted by atomic mass is 19.1. The lowest BCUT2D eigenvalue weighted by molar-refractivity contribution is 0.0508. The Hall–Kier alpha value is -2.37. The van der Waals surface area contributed by atoms with E-state index in [0.29, 0.717) is 29.1 Å². The summed E-state index contributed by atoms with van der Waals surface area (Å²) in [6.45, 7) is 6.17. The van der Waals surface area contributed by atoms with Crippen molar-refractivity contribution in [3.8, 4) is 5.75 Å². The molecule has 1 aromatic carbocycles. The number of aromatic nitrogens is 1. The highest BCUT2D eigenvalue weighted by Gasteiger charge is 2.24. The molecule has 0 spiro atoms. The van der Waals surface area contributed by atoms with E-state index in [1.54, 1.807) is 18.3 Å². The molecule has 1 amide bonds. The number of nitrogens with zero attached hydrogens (tertiary/aromatic N) is 1. The van der Waals surface area contributed by atoms with Gasteiger partial charge in [-0.3, -0.25) is 4.98 Å². The standard InChI is InChI=1S/C21H27FN2O3/c1-21(2,3)27-20(25)24-13-14-7-9-15(10-8-14)26-18-11-12-23-19-16(18)5-4-6-17(19)22/h4-6,11-12,14-15H,7-10,13H2,1-3H3,(H,24,25). The molecule has 0 aliphatic heterocycles. The summed E-state index contributed by atoms with van der Waals surface area (Å²) < 4.78 is 25.3. The molecule has 3 rings (SSSR count). The Morgan fingerprint density at radius 2 is 1.96 bits per heavy atom. The number of ether oxygens (including phenoxy) is 2. The second-order valence-electron chi connectivity index (χ2n) is 8.09. The third-order valence-electron chi connectivity index (χ3n) is 4.70. The number of hydrogen-bond donors (Lipinski definition) is 1. The van der Waals surface area contributed by atoms with E-state index in [4.69, 9.17) is 9.47 Å². The van der Waals surface area contributed by atoms with Gasteiger partial charge in [-0.1, -0.05) is 6.07 Å². The Kier molecular flexibility index (Phi) is 5.82. The first-order valence-electron chi connectivity index (χ1n) is 9.48. The zero-order valence-corrected chi connectivity index (χ0v) is 16.1. The van der Waals surface area contributed by atoms with Crippen LogP contribution in [0.1, 0.15) is 46.5 Å². The molecule has 1 aliphatic rings. The van der Waals surface area contributed by atoms with Gasteiger partial charge in [0.05, 0.1) is 6.10 Å². The first-order valence-corrected chi connectivity index (χ1v) is 9.48. The van der Waals surface area contributed by atoms with Gasteiger partial charge < -0.3 is 14.8 Å².